The van der Waals surface area contributed by atoms with E-state index in [0.717, 1.165) is 6.99 Å². The number of hydrogen-bond acceptors (Lipinski definition) is 3. The van der Waals surface area contributed by atoms with Crippen LogP contribution in [-0.2, 0) is 0 Å². The first-order valence-corrected chi connectivity index (χ1v) is 20.7. The molecule has 0 nitrogen and oxygen atoms in total. The zero-order chi connectivity index (χ0) is 4.04. The molecule has 7 rings (SSSR count). The third-order valence-corrected chi connectivity index (χ3v) is 238. The molecule has 0 N–H and O–H groups in total. The van der Waals surface area contributed by atoms with Crippen molar-refractivity contribution in [3.63, 3.8) is 0 Å². The van der Waals surface area contributed by atoms with Crippen molar-refractivity contribution in [1.82, 2.24) is 0 Å². The summed E-state index contributed by atoms with van der Waals surface area (Å²) >= 11 is 7.93. The second-order valence-corrected chi connectivity index (χ2v) is 81.3. The van der Waals surface area contributed by atoms with Crippen LogP contribution in [0.3, 0.4) is 0 Å². The van der Waals surface area contributed by atoms with Gasteiger partial charge in [0.15, 0.2) is 0 Å². The number of rotatable bonds is 0. The average molecular weight is 220 g/mol. The SMILES string of the molecule is S1P234SP256SP135P46. The normalized spacial score (nSPS) is 111. The van der Waals surface area contributed by atoms with Gasteiger partial charge in [-0.15, -0.1) is 0 Å². The summed E-state index contributed by atoms with van der Waals surface area (Å²) in [5, 5.41) is 0. The van der Waals surface area contributed by atoms with Crippen LogP contribution in [0.15, 0.2) is 0 Å². The molecule has 7 heavy (non-hydrogen) atoms. The van der Waals surface area contributed by atoms with Crippen molar-refractivity contribution >= 4 is 52.2 Å². The molecule has 3 spiro atoms. The van der Waals surface area contributed by atoms with Gasteiger partial charge in [0.2, 0.25) is 0 Å². The van der Waals surface area contributed by atoms with Crippen molar-refractivity contribution in [2.75, 3.05) is 0 Å². The Morgan fingerprint density at radius 1 is 0.857 bits per heavy atom. The Morgan fingerprint density at radius 3 is 1.14 bits per heavy atom. The van der Waals surface area contributed by atoms with E-state index in [1.54, 1.807) is 0 Å². The van der Waals surface area contributed by atoms with Gasteiger partial charge in [-0.25, -0.2) is 0 Å². The second-order valence-electron chi connectivity index (χ2n) is 3.01. The molecule has 0 radical (unpaired) electrons. The van der Waals surface area contributed by atoms with Gasteiger partial charge >= 0.3 is 52.2 Å². The van der Waals surface area contributed by atoms with Crippen LogP contribution < -0.4 is 0 Å². The summed E-state index contributed by atoms with van der Waals surface area (Å²) in [4.78, 5) is 0. The molecular weight excluding hydrogens is 220 g/mol. The first-order chi connectivity index (χ1) is 3.27. The summed E-state index contributed by atoms with van der Waals surface area (Å²) in [6, 6.07) is 0. The molecule has 0 bridgehead atoms. The Hall–Kier alpha value is 2.77. The molecule has 7 fully saturated rings. The third-order valence-electron chi connectivity index (χ3n) is 3.34. The van der Waals surface area contributed by atoms with Gasteiger partial charge in [0.05, 0.1) is 0 Å². The summed E-state index contributed by atoms with van der Waals surface area (Å²) < 4.78 is -0.569. The molecule has 0 aromatic rings. The van der Waals surface area contributed by atoms with Gasteiger partial charge in [-0.2, -0.15) is 0 Å². The van der Waals surface area contributed by atoms with E-state index >= 15 is 0 Å². The van der Waals surface area contributed by atoms with E-state index in [4.69, 9.17) is 0 Å². The Kier molecular flexibility index (Phi) is 0.173. The summed E-state index contributed by atoms with van der Waals surface area (Å²) in [6.45, 7) is 1.14. The second kappa shape index (κ2) is 0.352. The Bertz CT molecular complexity index is 286. The maximum absolute atomic E-state index is 2.64. The molecule has 0 amide bonds. The van der Waals surface area contributed by atoms with E-state index in [1.165, 1.54) is 0 Å². The fourth-order valence-corrected chi connectivity index (χ4v) is 608. The third kappa shape index (κ3) is 0.0559. The quantitative estimate of drug-likeness (QED) is 0.396. The van der Waals surface area contributed by atoms with Gasteiger partial charge in [0, 0.05) is 0 Å². The monoisotopic (exact) mass is 220 g/mol. The van der Waals surface area contributed by atoms with Crippen LogP contribution in [-0.4, -0.2) is 0 Å². The van der Waals surface area contributed by atoms with Gasteiger partial charge in [0.25, 0.3) is 0 Å². The molecule has 0 atom stereocenters. The maximum atomic E-state index is 2.64. The molecular formula is P4S3. The minimum absolute atomic E-state index is 0.190. The molecule has 38 valence electrons. The summed E-state index contributed by atoms with van der Waals surface area (Å²) in [7, 11) is 0. The van der Waals surface area contributed by atoms with Crippen molar-refractivity contribution in [1.29, 1.82) is 0 Å². The fourth-order valence-electron chi connectivity index (χ4n) is 2.73. The summed E-state index contributed by atoms with van der Waals surface area (Å²) in [5.74, 6) is 0. The van der Waals surface area contributed by atoms with Crippen molar-refractivity contribution in [3.8, 4) is 0 Å². The van der Waals surface area contributed by atoms with E-state index in [0.29, 0.717) is 0 Å². The Balaban J connectivity index is 2.61. The van der Waals surface area contributed by atoms with Crippen LogP contribution in [0.4, 0.5) is 0 Å². The predicted octanol–water partition coefficient (Wildman–Crippen LogP) is 5.39. The zero-order valence-electron chi connectivity index (χ0n) is 3.01. The van der Waals surface area contributed by atoms with Crippen LogP contribution in [0, 0.1) is 0 Å². The van der Waals surface area contributed by atoms with E-state index in [-0.39, 0.29) is 12.2 Å². The summed E-state index contributed by atoms with van der Waals surface area (Å²) in [5.41, 5.74) is 0. The van der Waals surface area contributed by atoms with Crippen molar-refractivity contribution in [2.24, 2.45) is 0 Å². The van der Waals surface area contributed by atoms with E-state index in [2.05, 4.69) is 33.0 Å². The Morgan fingerprint density at radius 2 is 1.14 bits per heavy atom. The first-order valence-electron chi connectivity index (χ1n) is 2.30. The standard InChI is InChI=1S/P4S3/c5-2-1-3(2,5)4(1,2,6-2)7-3. The predicted molar refractivity (Wildman–Crippen MR) is 50.5 cm³/mol. The molecule has 0 aliphatic carbocycles. The van der Waals surface area contributed by atoms with Gasteiger partial charge in [-0.05, 0) is 0 Å². The molecule has 0 aromatic heterocycles. The van der Waals surface area contributed by atoms with Crippen LogP contribution in [0.1, 0.15) is 0 Å². The average Bonchev–Trinajstić information content (AvgIpc) is 2.37. The van der Waals surface area contributed by atoms with Gasteiger partial charge in [-0.1, -0.05) is 0 Å². The molecule has 7 heteroatoms. The first kappa shape index (κ1) is 3.44. The summed E-state index contributed by atoms with van der Waals surface area (Å²) in [6.07, 6.45) is 0. The molecule has 7 heterocycles. The van der Waals surface area contributed by atoms with E-state index in [1.807, 2.05) is 0 Å². The molecule has 0 saturated carbocycles. The van der Waals surface area contributed by atoms with Crippen LogP contribution in [0.5, 0.6) is 0 Å². The Labute approximate surface area is 52.1 Å². The minimum atomic E-state index is -0.190. The van der Waals surface area contributed by atoms with E-state index in [9.17, 15) is 0 Å². The van der Waals surface area contributed by atoms with Gasteiger partial charge in [-0.3, -0.25) is 0 Å². The van der Waals surface area contributed by atoms with E-state index < -0.39 is 0 Å². The van der Waals surface area contributed by atoms with Gasteiger partial charge in [0.1, 0.15) is 0 Å². The van der Waals surface area contributed by atoms with Crippen LogP contribution >= 0.6 is 52.2 Å². The number of hydrogen-bond donors (Lipinski definition) is 0. The van der Waals surface area contributed by atoms with Crippen molar-refractivity contribution in [3.05, 3.63) is 0 Å². The van der Waals surface area contributed by atoms with Gasteiger partial charge < -0.3 is 0 Å². The molecule has 0 aromatic carbocycles. The van der Waals surface area contributed by atoms with Crippen LogP contribution in [0.25, 0.3) is 0 Å². The molecule has 7 aliphatic rings. The fraction of sp³-hybridized carbons (Fsp3) is 0. The van der Waals surface area contributed by atoms with Crippen molar-refractivity contribution in [2.45, 2.75) is 0 Å². The van der Waals surface area contributed by atoms with Crippen LogP contribution in [0.2, 0.25) is 0 Å². The molecule has 7 saturated heterocycles. The zero-order valence-corrected chi connectivity index (χ0v) is 9.04. The van der Waals surface area contributed by atoms with Crippen molar-refractivity contribution < 1.29 is 0 Å². The molecule has 7 aliphatic heterocycles. The molecule has 0 unspecified atom stereocenters. The topological polar surface area (TPSA) is 0 Å².